The largest absolute Gasteiger partial charge is 0.498 e. The van der Waals surface area contributed by atoms with Crippen molar-refractivity contribution in [3.8, 4) is 0 Å². The Morgan fingerprint density at radius 3 is 2.80 bits per heavy atom. The SMILES string of the molecule is C=COC(C)CC(=O)OC. The maximum Gasteiger partial charge on any atom is 0.309 e. The molecule has 58 valence electrons. The Morgan fingerprint density at radius 2 is 2.40 bits per heavy atom. The maximum atomic E-state index is 10.6. The highest BCUT2D eigenvalue weighted by Gasteiger charge is 2.07. The lowest BCUT2D eigenvalue weighted by Gasteiger charge is -2.07. The average Bonchev–Trinajstić information content (AvgIpc) is 1.88. The van der Waals surface area contributed by atoms with Crippen molar-refractivity contribution in [3.63, 3.8) is 0 Å². The van der Waals surface area contributed by atoms with Gasteiger partial charge in [-0.2, -0.15) is 0 Å². The van der Waals surface area contributed by atoms with Crippen LogP contribution in [0.4, 0.5) is 0 Å². The van der Waals surface area contributed by atoms with Crippen molar-refractivity contribution in [2.75, 3.05) is 7.11 Å². The van der Waals surface area contributed by atoms with Crippen LogP contribution < -0.4 is 0 Å². The van der Waals surface area contributed by atoms with E-state index in [-0.39, 0.29) is 18.5 Å². The van der Waals surface area contributed by atoms with Crippen molar-refractivity contribution in [2.24, 2.45) is 0 Å². The zero-order valence-electron chi connectivity index (χ0n) is 6.29. The second-order valence-corrected chi connectivity index (χ2v) is 1.89. The normalized spacial score (nSPS) is 11.8. The monoisotopic (exact) mass is 144 g/mol. The zero-order chi connectivity index (χ0) is 7.98. The minimum absolute atomic E-state index is 0.148. The van der Waals surface area contributed by atoms with Crippen LogP contribution in [-0.4, -0.2) is 19.2 Å². The fraction of sp³-hybridized carbons (Fsp3) is 0.571. The molecule has 0 fully saturated rings. The van der Waals surface area contributed by atoms with Crippen LogP contribution in [0.5, 0.6) is 0 Å². The van der Waals surface area contributed by atoms with E-state index >= 15 is 0 Å². The number of hydrogen-bond acceptors (Lipinski definition) is 3. The molecule has 10 heavy (non-hydrogen) atoms. The molecule has 0 radical (unpaired) electrons. The van der Waals surface area contributed by atoms with E-state index in [0.29, 0.717) is 0 Å². The van der Waals surface area contributed by atoms with Gasteiger partial charge in [0, 0.05) is 0 Å². The van der Waals surface area contributed by atoms with Crippen LogP contribution in [0.25, 0.3) is 0 Å². The van der Waals surface area contributed by atoms with Gasteiger partial charge in [-0.15, -0.1) is 0 Å². The van der Waals surface area contributed by atoms with Crippen LogP contribution in [0.3, 0.4) is 0 Å². The third-order valence-corrected chi connectivity index (χ3v) is 1.01. The molecule has 1 unspecified atom stereocenters. The molecular formula is C7H12O3. The summed E-state index contributed by atoms with van der Waals surface area (Å²) < 4.78 is 9.29. The topological polar surface area (TPSA) is 35.5 Å². The van der Waals surface area contributed by atoms with Gasteiger partial charge in [0.25, 0.3) is 0 Å². The fourth-order valence-corrected chi connectivity index (χ4v) is 0.530. The standard InChI is InChI=1S/C7H12O3/c1-4-10-6(2)5-7(8)9-3/h4,6H,1,5H2,2-3H3. The highest BCUT2D eigenvalue weighted by atomic mass is 16.5. The first-order chi connectivity index (χ1) is 4.70. The van der Waals surface area contributed by atoms with Gasteiger partial charge < -0.3 is 9.47 Å². The second-order valence-electron chi connectivity index (χ2n) is 1.89. The van der Waals surface area contributed by atoms with Gasteiger partial charge in [0.2, 0.25) is 0 Å². The molecule has 0 heterocycles. The van der Waals surface area contributed by atoms with E-state index in [9.17, 15) is 4.79 Å². The summed E-state index contributed by atoms with van der Waals surface area (Å²) in [6.07, 6.45) is 1.43. The van der Waals surface area contributed by atoms with Crippen LogP contribution in [0.15, 0.2) is 12.8 Å². The molecular weight excluding hydrogens is 132 g/mol. The van der Waals surface area contributed by atoms with E-state index in [1.54, 1.807) is 6.92 Å². The van der Waals surface area contributed by atoms with Crippen molar-refractivity contribution >= 4 is 5.97 Å². The van der Waals surface area contributed by atoms with Crippen LogP contribution in [0, 0.1) is 0 Å². The summed E-state index contributed by atoms with van der Waals surface area (Å²) in [5.41, 5.74) is 0. The van der Waals surface area contributed by atoms with Gasteiger partial charge in [0.1, 0.15) is 6.10 Å². The van der Waals surface area contributed by atoms with Gasteiger partial charge in [0.05, 0.1) is 19.8 Å². The smallest absolute Gasteiger partial charge is 0.309 e. The van der Waals surface area contributed by atoms with E-state index in [1.807, 2.05) is 0 Å². The summed E-state index contributed by atoms with van der Waals surface area (Å²) >= 11 is 0. The molecule has 0 saturated carbocycles. The molecule has 0 aromatic carbocycles. The Bertz CT molecular complexity index is 120. The minimum atomic E-state index is -0.269. The van der Waals surface area contributed by atoms with Crippen LogP contribution >= 0.6 is 0 Å². The summed E-state index contributed by atoms with van der Waals surface area (Å²) in [7, 11) is 1.35. The average molecular weight is 144 g/mol. The molecule has 0 aromatic heterocycles. The van der Waals surface area contributed by atoms with Gasteiger partial charge >= 0.3 is 5.97 Å². The Hall–Kier alpha value is -0.990. The number of ether oxygens (including phenoxy) is 2. The van der Waals surface area contributed by atoms with E-state index in [4.69, 9.17) is 4.74 Å². The lowest BCUT2D eigenvalue weighted by atomic mass is 10.3. The maximum absolute atomic E-state index is 10.6. The second kappa shape index (κ2) is 4.85. The predicted octanol–water partition coefficient (Wildman–Crippen LogP) is 1.10. The lowest BCUT2D eigenvalue weighted by molar-refractivity contribution is -0.142. The Labute approximate surface area is 60.6 Å². The van der Waals surface area contributed by atoms with Crippen LogP contribution in [-0.2, 0) is 14.3 Å². The highest BCUT2D eigenvalue weighted by Crippen LogP contribution is 1.98. The molecule has 3 heteroatoms. The van der Waals surface area contributed by atoms with E-state index in [2.05, 4.69) is 11.3 Å². The van der Waals surface area contributed by atoms with Crippen LogP contribution in [0.2, 0.25) is 0 Å². The molecule has 0 amide bonds. The zero-order valence-corrected chi connectivity index (χ0v) is 6.29. The lowest BCUT2D eigenvalue weighted by Crippen LogP contribution is -2.12. The number of hydrogen-bond donors (Lipinski definition) is 0. The van der Waals surface area contributed by atoms with E-state index in [0.717, 1.165) is 0 Å². The Balaban J connectivity index is 3.46. The molecule has 1 atom stereocenters. The van der Waals surface area contributed by atoms with E-state index in [1.165, 1.54) is 13.4 Å². The third-order valence-electron chi connectivity index (χ3n) is 1.01. The number of rotatable bonds is 4. The highest BCUT2D eigenvalue weighted by molar-refractivity contribution is 5.69. The summed E-state index contributed by atoms with van der Waals surface area (Å²) in [5.74, 6) is -0.269. The quantitative estimate of drug-likeness (QED) is 0.437. The van der Waals surface area contributed by atoms with Crippen molar-refractivity contribution in [1.29, 1.82) is 0 Å². The molecule has 0 rings (SSSR count). The molecule has 0 aliphatic carbocycles. The first kappa shape index (κ1) is 9.01. The third kappa shape index (κ3) is 3.95. The van der Waals surface area contributed by atoms with Gasteiger partial charge in [-0.05, 0) is 6.92 Å². The first-order valence-corrected chi connectivity index (χ1v) is 3.04. The van der Waals surface area contributed by atoms with Crippen molar-refractivity contribution < 1.29 is 14.3 Å². The summed E-state index contributed by atoms with van der Waals surface area (Å²) in [4.78, 5) is 10.6. The first-order valence-electron chi connectivity index (χ1n) is 3.04. The number of methoxy groups -OCH3 is 1. The predicted molar refractivity (Wildman–Crippen MR) is 37.4 cm³/mol. The molecule has 0 aromatic rings. The van der Waals surface area contributed by atoms with Gasteiger partial charge in [-0.3, -0.25) is 4.79 Å². The van der Waals surface area contributed by atoms with Crippen molar-refractivity contribution in [2.45, 2.75) is 19.4 Å². The Morgan fingerprint density at radius 1 is 1.80 bits per heavy atom. The summed E-state index contributed by atoms with van der Waals surface area (Å²) in [6.45, 7) is 5.14. The molecule has 0 aliphatic heterocycles. The fourth-order valence-electron chi connectivity index (χ4n) is 0.530. The van der Waals surface area contributed by atoms with Crippen molar-refractivity contribution in [3.05, 3.63) is 12.8 Å². The van der Waals surface area contributed by atoms with Gasteiger partial charge in [0.15, 0.2) is 0 Å². The number of esters is 1. The molecule has 0 aliphatic rings. The van der Waals surface area contributed by atoms with E-state index < -0.39 is 0 Å². The number of carbonyl (C=O) groups excluding carboxylic acids is 1. The minimum Gasteiger partial charge on any atom is -0.498 e. The number of carbonyl (C=O) groups is 1. The van der Waals surface area contributed by atoms with Gasteiger partial charge in [-0.1, -0.05) is 6.58 Å². The van der Waals surface area contributed by atoms with Crippen molar-refractivity contribution in [1.82, 2.24) is 0 Å². The van der Waals surface area contributed by atoms with Crippen LogP contribution in [0.1, 0.15) is 13.3 Å². The van der Waals surface area contributed by atoms with Gasteiger partial charge in [-0.25, -0.2) is 0 Å². The molecule has 0 N–H and O–H groups in total. The summed E-state index contributed by atoms with van der Waals surface area (Å²) in [6, 6.07) is 0. The molecule has 0 spiro atoms. The summed E-state index contributed by atoms with van der Waals surface area (Å²) in [5, 5.41) is 0. The Kier molecular flexibility index (Phi) is 4.37. The molecule has 0 saturated heterocycles. The molecule has 3 nitrogen and oxygen atoms in total. The molecule has 0 bridgehead atoms.